The zero-order valence-electron chi connectivity index (χ0n) is 20.8. The highest BCUT2D eigenvalue weighted by molar-refractivity contribution is 6.08. The lowest BCUT2D eigenvalue weighted by Gasteiger charge is -2.33. The van der Waals surface area contributed by atoms with E-state index in [4.69, 9.17) is 9.47 Å². The average Bonchev–Trinajstić information content (AvgIpc) is 3.62. The lowest BCUT2D eigenvalue weighted by Crippen LogP contribution is -2.51. The minimum Gasteiger partial charge on any atom is -0.494 e. The molecule has 1 saturated carbocycles. The Hall–Kier alpha value is -3.73. The second kappa shape index (κ2) is 10.3. The third-order valence-electron chi connectivity index (χ3n) is 6.81. The Morgan fingerprint density at radius 1 is 1.27 bits per heavy atom. The minimum absolute atomic E-state index is 0.0713. The van der Waals surface area contributed by atoms with E-state index in [9.17, 15) is 19.1 Å². The Kier molecular flexibility index (Phi) is 6.96. The molecule has 1 saturated heterocycles. The summed E-state index contributed by atoms with van der Waals surface area (Å²) in [6, 6.07) is 2.58. The third kappa shape index (κ3) is 5.22. The maximum absolute atomic E-state index is 14.7. The van der Waals surface area contributed by atoms with Gasteiger partial charge < -0.3 is 29.8 Å². The van der Waals surface area contributed by atoms with E-state index in [2.05, 4.69) is 20.3 Å². The van der Waals surface area contributed by atoms with E-state index in [1.54, 1.807) is 11.1 Å². The molecule has 1 aliphatic carbocycles. The number of nitrogens with zero attached hydrogens (tertiary/aromatic N) is 3. The summed E-state index contributed by atoms with van der Waals surface area (Å²) in [5, 5.41) is 12.6. The van der Waals surface area contributed by atoms with E-state index < -0.39 is 11.9 Å². The molecule has 2 amide bonds. The fourth-order valence-electron chi connectivity index (χ4n) is 4.63. The van der Waals surface area contributed by atoms with Crippen LogP contribution in [0.3, 0.4) is 0 Å². The van der Waals surface area contributed by atoms with Crippen LogP contribution in [0, 0.1) is 11.7 Å². The van der Waals surface area contributed by atoms with Gasteiger partial charge in [-0.2, -0.15) is 0 Å². The molecule has 0 unspecified atom stereocenters. The molecule has 0 radical (unpaired) electrons. The first-order valence-corrected chi connectivity index (χ1v) is 12.5. The van der Waals surface area contributed by atoms with Gasteiger partial charge in [0.25, 0.3) is 11.8 Å². The molecule has 196 valence electrons. The number of H-pyrrole nitrogens is 1. The molecule has 37 heavy (non-hydrogen) atoms. The van der Waals surface area contributed by atoms with Crippen molar-refractivity contribution in [2.75, 3.05) is 26.8 Å². The molecule has 3 aromatic rings. The molecule has 2 aromatic heterocycles. The van der Waals surface area contributed by atoms with E-state index >= 15 is 0 Å². The second-order valence-corrected chi connectivity index (χ2v) is 9.66. The number of aromatic amines is 1. The number of aliphatic hydroxyl groups is 1. The van der Waals surface area contributed by atoms with Crippen LogP contribution in [0.1, 0.15) is 43.0 Å². The summed E-state index contributed by atoms with van der Waals surface area (Å²) in [7, 11) is 1.40. The first-order valence-electron chi connectivity index (χ1n) is 12.5. The van der Waals surface area contributed by atoms with Gasteiger partial charge in [-0.25, -0.2) is 14.4 Å². The number of benzene rings is 1. The normalized spacial score (nSPS) is 18.5. The van der Waals surface area contributed by atoms with Crippen molar-refractivity contribution in [3.8, 4) is 22.8 Å². The number of nitrogens with one attached hydrogen (secondary N) is 2. The monoisotopic (exact) mass is 511 g/mol. The van der Waals surface area contributed by atoms with Gasteiger partial charge in [0.15, 0.2) is 11.6 Å². The first kappa shape index (κ1) is 24.9. The van der Waals surface area contributed by atoms with Gasteiger partial charge in [-0.15, -0.1) is 0 Å². The molecule has 2 aliphatic rings. The summed E-state index contributed by atoms with van der Waals surface area (Å²) in [6.07, 6.45) is 5.43. The van der Waals surface area contributed by atoms with E-state index in [1.807, 2.05) is 0 Å². The number of carbonyl (C=O) groups excluding carboxylic acids is 2. The predicted octanol–water partition coefficient (Wildman–Crippen LogP) is 2.66. The molecule has 2 atom stereocenters. The van der Waals surface area contributed by atoms with Crippen LogP contribution in [0.15, 0.2) is 24.7 Å². The SMILES string of the molecule is COc1cc(OCC2CC2)c(-c2ncnc3c(C(=O)N[C@H]4CCCN(C(=O)[C@H](C)O)C4)c[nH]c23)cc1F. The van der Waals surface area contributed by atoms with Gasteiger partial charge in [-0.1, -0.05) is 0 Å². The topological polar surface area (TPSA) is 130 Å². The largest absolute Gasteiger partial charge is 0.494 e. The zero-order valence-corrected chi connectivity index (χ0v) is 20.8. The number of hydrogen-bond donors (Lipinski definition) is 3. The van der Waals surface area contributed by atoms with Gasteiger partial charge >= 0.3 is 0 Å². The number of piperidine rings is 1. The Bertz CT molecular complexity index is 1320. The number of aliphatic hydroxyl groups excluding tert-OH is 1. The maximum Gasteiger partial charge on any atom is 0.255 e. The Morgan fingerprint density at radius 2 is 2.08 bits per heavy atom. The highest BCUT2D eigenvalue weighted by Crippen LogP contribution is 2.39. The highest BCUT2D eigenvalue weighted by Gasteiger charge is 2.29. The summed E-state index contributed by atoms with van der Waals surface area (Å²) in [5.41, 5.74) is 2.01. The van der Waals surface area contributed by atoms with Crippen LogP contribution in [-0.2, 0) is 4.79 Å². The summed E-state index contributed by atoms with van der Waals surface area (Å²) >= 11 is 0. The van der Waals surface area contributed by atoms with Crippen LogP contribution in [0.25, 0.3) is 22.3 Å². The van der Waals surface area contributed by atoms with Gasteiger partial charge in [0, 0.05) is 37.0 Å². The standard InChI is InChI=1S/C26H30FN5O5/c1-14(33)26(35)32-7-3-4-16(11-32)31-25(34)18-10-28-24-22(29-13-30-23(18)24)17-8-19(27)21(36-2)9-20(17)37-12-15-5-6-15/h8-10,13-16,28,33H,3-7,11-12H2,1-2H3,(H,31,34)/t14-,16-/m0/s1. The minimum atomic E-state index is -1.08. The molecule has 11 heteroatoms. The molecule has 5 rings (SSSR count). The van der Waals surface area contributed by atoms with Crippen molar-refractivity contribution in [3.63, 3.8) is 0 Å². The molecule has 10 nitrogen and oxygen atoms in total. The first-order chi connectivity index (χ1) is 17.9. The van der Waals surface area contributed by atoms with E-state index in [-0.39, 0.29) is 23.6 Å². The van der Waals surface area contributed by atoms with Gasteiger partial charge in [0.05, 0.1) is 24.8 Å². The lowest BCUT2D eigenvalue weighted by molar-refractivity contribution is -0.140. The van der Waals surface area contributed by atoms with Gasteiger partial charge in [0.2, 0.25) is 0 Å². The molecule has 3 heterocycles. The number of aromatic nitrogens is 3. The fourth-order valence-corrected chi connectivity index (χ4v) is 4.63. The number of fused-ring (bicyclic) bond motifs is 1. The average molecular weight is 512 g/mol. The quantitative estimate of drug-likeness (QED) is 0.424. The van der Waals surface area contributed by atoms with Crippen LogP contribution in [0.2, 0.25) is 0 Å². The number of amides is 2. The molecule has 0 bridgehead atoms. The Labute approximate surface area is 213 Å². The number of methoxy groups -OCH3 is 1. The van der Waals surface area contributed by atoms with Crippen LogP contribution in [0.4, 0.5) is 4.39 Å². The van der Waals surface area contributed by atoms with Gasteiger partial charge in [0.1, 0.15) is 29.4 Å². The van der Waals surface area contributed by atoms with Crippen LogP contribution in [0.5, 0.6) is 11.5 Å². The number of ether oxygens (including phenoxy) is 2. The molecule has 0 spiro atoms. The van der Waals surface area contributed by atoms with Crippen molar-refractivity contribution >= 4 is 22.8 Å². The summed E-state index contributed by atoms with van der Waals surface area (Å²) in [6.45, 7) is 2.82. The number of rotatable bonds is 8. The lowest BCUT2D eigenvalue weighted by atomic mass is 10.0. The second-order valence-electron chi connectivity index (χ2n) is 9.66. The number of carbonyl (C=O) groups is 2. The molecule has 1 aromatic carbocycles. The van der Waals surface area contributed by atoms with Crippen molar-refractivity contribution in [3.05, 3.63) is 36.0 Å². The Morgan fingerprint density at radius 3 is 2.81 bits per heavy atom. The number of halogens is 1. The van der Waals surface area contributed by atoms with Gasteiger partial charge in [-0.3, -0.25) is 9.59 Å². The third-order valence-corrected chi connectivity index (χ3v) is 6.81. The fraction of sp³-hybridized carbons (Fsp3) is 0.462. The van der Waals surface area contributed by atoms with E-state index in [0.29, 0.717) is 65.6 Å². The van der Waals surface area contributed by atoms with Crippen LogP contribution >= 0.6 is 0 Å². The summed E-state index contributed by atoms with van der Waals surface area (Å²) < 4.78 is 25.9. The molecular weight excluding hydrogens is 481 g/mol. The van der Waals surface area contributed by atoms with Crippen molar-refractivity contribution in [2.24, 2.45) is 5.92 Å². The van der Waals surface area contributed by atoms with Crippen LogP contribution < -0.4 is 14.8 Å². The van der Waals surface area contributed by atoms with Gasteiger partial charge in [-0.05, 0) is 44.6 Å². The smallest absolute Gasteiger partial charge is 0.255 e. The van der Waals surface area contributed by atoms with E-state index in [0.717, 1.165) is 19.3 Å². The molecule has 2 fully saturated rings. The van der Waals surface area contributed by atoms with Crippen molar-refractivity contribution in [1.82, 2.24) is 25.2 Å². The Balaban J connectivity index is 1.42. The van der Waals surface area contributed by atoms with Crippen LogP contribution in [-0.4, -0.2) is 75.7 Å². The van der Waals surface area contributed by atoms with E-state index in [1.165, 1.54) is 32.5 Å². The molecule has 3 N–H and O–H groups in total. The number of likely N-dealkylation sites (tertiary alicyclic amines) is 1. The maximum atomic E-state index is 14.7. The molecule has 1 aliphatic heterocycles. The molecular formula is C26H30FN5O5. The zero-order chi connectivity index (χ0) is 26.1. The predicted molar refractivity (Wildman–Crippen MR) is 133 cm³/mol. The summed E-state index contributed by atoms with van der Waals surface area (Å²) in [5.74, 6) is -0.256. The number of hydrogen-bond acceptors (Lipinski definition) is 7. The van der Waals surface area contributed by atoms with Crippen molar-refractivity contribution < 1.29 is 28.6 Å². The van der Waals surface area contributed by atoms with Crippen molar-refractivity contribution in [1.29, 1.82) is 0 Å². The summed E-state index contributed by atoms with van der Waals surface area (Å²) in [4.78, 5) is 38.7. The highest BCUT2D eigenvalue weighted by atomic mass is 19.1. The van der Waals surface area contributed by atoms with Crippen molar-refractivity contribution in [2.45, 2.75) is 44.8 Å².